The van der Waals surface area contributed by atoms with E-state index in [0.717, 1.165) is 11.8 Å². The second-order valence-corrected chi connectivity index (χ2v) is 9.23. The molecular formula is C19H7Cl4NO3S2. The third-order valence-electron chi connectivity index (χ3n) is 4.06. The Kier molecular flexibility index (Phi) is 5.68. The first-order valence-electron chi connectivity index (χ1n) is 7.90. The maximum absolute atomic E-state index is 12.9. The Morgan fingerprint density at radius 3 is 2.48 bits per heavy atom. The molecule has 29 heavy (non-hydrogen) atoms. The van der Waals surface area contributed by atoms with Crippen LogP contribution in [0.4, 0.5) is 5.69 Å². The highest BCUT2D eigenvalue weighted by Gasteiger charge is 2.33. The van der Waals surface area contributed by atoms with Crippen LogP contribution in [0.1, 0.15) is 5.56 Å². The molecule has 2 aromatic carbocycles. The van der Waals surface area contributed by atoms with E-state index < -0.39 is 0 Å². The van der Waals surface area contributed by atoms with Gasteiger partial charge in [0.2, 0.25) is 0 Å². The third kappa shape index (κ3) is 3.81. The molecule has 0 unspecified atom stereocenters. The van der Waals surface area contributed by atoms with E-state index in [9.17, 15) is 9.59 Å². The number of carbonyl (C=O) groups is 1. The van der Waals surface area contributed by atoms with Gasteiger partial charge in [0.15, 0.2) is 15.3 Å². The lowest BCUT2D eigenvalue weighted by Gasteiger charge is -2.15. The zero-order valence-corrected chi connectivity index (χ0v) is 18.7. The summed E-state index contributed by atoms with van der Waals surface area (Å²) in [5.41, 5.74) is 0.511. The fraction of sp³-hybridized carbons (Fsp3) is 0. The standard InChI is InChI=1S/C19H7Cl4NO3S2/c20-9-4-11-16(25)8(7-27-17(11)14(23)5-9)3-15-18(26)24(19(28)29-15)10-1-2-12(21)13(22)6-10/h1-7H/b15-3+. The summed E-state index contributed by atoms with van der Waals surface area (Å²) in [5.74, 6) is -0.387. The Morgan fingerprint density at radius 2 is 1.76 bits per heavy atom. The molecule has 0 spiro atoms. The highest BCUT2D eigenvalue weighted by molar-refractivity contribution is 8.27. The summed E-state index contributed by atoms with van der Waals surface area (Å²) in [6.07, 6.45) is 2.67. The highest BCUT2D eigenvalue weighted by atomic mass is 35.5. The molecule has 0 bridgehead atoms. The first-order valence-corrected chi connectivity index (χ1v) is 10.6. The molecule has 1 fully saturated rings. The lowest BCUT2D eigenvalue weighted by molar-refractivity contribution is -0.113. The van der Waals surface area contributed by atoms with E-state index in [1.54, 1.807) is 18.2 Å². The van der Waals surface area contributed by atoms with Crippen molar-refractivity contribution in [2.75, 3.05) is 4.90 Å². The molecule has 4 rings (SSSR count). The topological polar surface area (TPSA) is 50.5 Å². The first kappa shape index (κ1) is 20.7. The Balaban J connectivity index is 1.77. The van der Waals surface area contributed by atoms with Gasteiger partial charge in [-0.25, -0.2) is 0 Å². The minimum Gasteiger partial charge on any atom is -0.462 e. The summed E-state index contributed by atoms with van der Waals surface area (Å²) >= 11 is 30.4. The summed E-state index contributed by atoms with van der Waals surface area (Å²) in [5, 5.41) is 1.41. The van der Waals surface area contributed by atoms with Crippen LogP contribution < -0.4 is 10.3 Å². The van der Waals surface area contributed by atoms with Gasteiger partial charge in [0, 0.05) is 5.02 Å². The molecular weight excluding hydrogens is 496 g/mol. The van der Waals surface area contributed by atoms with E-state index in [2.05, 4.69) is 0 Å². The van der Waals surface area contributed by atoms with Crippen LogP contribution in [0.15, 0.2) is 50.7 Å². The minimum atomic E-state index is -0.387. The van der Waals surface area contributed by atoms with Gasteiger partial charge in [0.05, 0.1) is 36.6 Å². The van der Waals surface area contributed by atoms with Gasteiger partial charge in [-0.3, -0.25) is 14.5 Å². The third-order valence-corrected chi connectivity index (χ3v) is 6.60. The van der Waals surface area contributed by atoms with Crippen LogP contribution in [-0.4, -0.2) is 10.2 Å². The van der Waals surface area contributed by atoms with Crippen molar-refractivity contribution in [3.8, 4) is 0 Å². The van der Waals surface area contributed by atoms with E-state index >= 15 is 0 Å². The second-order valence-electron chi connectivity index (χ2n) is 5.90. The Bertz CT molecular complexity index is 1300. The van der Waals surface area contributed by atoms with Gasteiger partial charge in [-0.2, -0.15) is 0 Å². The van der Waals surface area contributed by atoms with Crippen molar-refractivity contribution in [3.05, 3.63) is 77.4 Å². The molecule has 2 heterocycles. The maximum Gasteiger partial charge on any atom is 0.270 e. The minimum absolute atomic E-state index is 0.172. The summed E-state index contributed by atoms with van der Waals surface area (Å²) < 4.78 is 5.79. The van der Waals surface area contributed by atoms with Crippen molar-refractivity contribution in [1.29, 1.82) is 0 Å². The number of amides is 1. The number of rotatable bonds is 2. The quantitative estimate of drug-likeness (QED) is 0.284. The van der Waals surface area contributed by atoms with Gasteiger partial charge in [0.25, 0.3) is 5.91 Å². The molecule has 0 radical (unpaired) electrons. The van der Waals surface area contributed by atoms with Gasteiger partial charge in [0.1, 0.15) is 6.26 Å². The monoisotopic (exact) mass is 501 g/mol. The summed E-state index contributed by atoms with van der Waals surface area (Å²) in [7, 11) is 0. The number of nitrogens with zero attached hydrogens (tertiary/aromatic N) is 1. The summed E-state index contributed by atoms with van der Waals surface area (Å²) in [6.45, 7) is 0. The Labute approximate surface area is 194 Å². The maximum atomic E-state index is 12.9. The van der Waals surface area contributed by atoms with Gasteiger partial charge in [-0.1, -0.05) is 70.4 Å². The molecule has 10 heteroatoms. The van der Waals surface area contributed by atoms with Crippen LogP contribution in [0.25, 0.3) is 17.0 Å². The van der Waals surface area contributed by atoms with Crippen LogP contribution in [0.2, 0.25) is 20.1 Å². The number of carbonyl (C=O) groups excluding carboxylic acids is 1. The average Bonchev–Trinajstić information content (AvgIpc) is 2.93. The molecule has 1 aliphatic rings. The summed E-state index contributed by atoms with van der Waals surface area (Å²) in [6, 6.07) is 7.71. The van der Waals surface area contributed by atoms with E-state index in [1.807, 2.05) is 0 Å². The van der Waals surface area contributed by atoms with E-state index in [4.69, 9.17) is 63.0 Å². The van der Waals surface area contributed by atoms with Crippen molar-refractivity contribution in [1.82, 2.24) is 0 Å². The molecule has 0 saturated carbocycles. The van der Waals surface area contributed by atoms with Crippen molar-refractivity contribution in [2.24, 2.45) is 0 Å². The predicted molar refractivity (Wildman–Crippen MR) is 125 cm³/mol. The predicted octanol–water partition coefficient (Wildman–Crippen LogP) is 6.81. The van der Waals surface area contributed by atoms with Crippen molar-refractivity contribution in [3.63, 3.8) is 0 Å². The number of benzene rings is 2. The fourth-order valence-electron chi connectivity index (χ4n) is 2.74. The Morgan fingerprint density at radius 1 is 1.00 bits per heavy atom. The van der Waals surface area contributed by atoms with Gasteiger partial charge < -0.3 is 4.42 Å². The number of hydrogen-bond donors (Lipinski definition) is 0. The number of anilines is 1. The molecule has 1 amide bonds. The number of hydrogen-bond acceptors (Lipinski definition) is 5. The van der Waals surface area contributed by atoms with E-state index in [1.165, 1.54) is 29.4 Å². The normalized spacial score (nSPS) is 15.7. The molecule has 1 aromatic heterocycles. The average molecular weight is 503 g/mol. The van der Waals surface area contributed by atoms with Crippen molar-refractivity contribution < 1.29 is 9.21 Å². The molecule has 1 saturated heterocycles. The molecule has 0 atom stereocenters. The number of fused-ring (bicyclic) bond motifs is 1. The van der Waals surface area contributed by atoms with Crippen LogP contribution in [0.5, 0.6) is 0 Å². The second kappa shape index (κ2) is 7.95. The zero-order valence-electron chi connectivity index (χ0n) is 14.0. The van der Waals surface area contributed by atoms with Crippen LogP contribution in [-0.2, 0) is 4.79 Å². The first-order chi connectivity index (χ1) is 13.8. The SMILES string of the molecule is O=C1/C(=C\c2coc3c(Cl)cc(Cl)cc3c2=O)SC(=S)N1c1ccc(Cl)c(Cl)c1. The molecule has 4 nitrogen and oxygen atoms in total. The molecule has 0 N–H and O–H groups in total. The molecule has 0 aliphatic carbocycles. The van der Waals surface area contributed by atoms with E-state index in [0.29, 0.717) is 25.1 Å². The zero-order chi connectivity index (χ0) is 20.9. The fourth-order valence-corrected chi connectivity index (χ4v) is 4.86. The van der Waals surface area contributed by atoms with Crippen molar-refractivity contribution in [2.45, 2.75) is 0 Å². The molecule has 3 aromatic rings. The smallest absolute Gasteiger partial charge is 0.270 e. The van der Waals surface area contributed by atoms with Gasteiger partial charge in [-0.05, 0) is 36.4 Å². The number of halogens is 4. The van der Waals surface area contributed by atoms with E-state index in [-0.39, 0.29) is 37.8 Å². The van der Waals surface area contributed by atoms with Gasteiger partial charge in [-0.15, -0.1) is 0 Å². The molecule has 146 valence electrons. The molecule has 1 aliphatic heterocycles. The number of thiocarbonyl (C=S) groups is 1. The number of thioether (sulfide) groups is 1. The van der Waals surface area contributed by atoms with Crippen molar-refractivity contribution >= 4 is 103 Å². The Hall–Kier alpha value is -1.54. The summed E-state index contributed by atoms with van der Waals surface area (Å²) in [4.78, 5) is 27.3. The lowest BCUT2D eigenvalue weighted by atomic mass is 10.1. The van der Waals surface area contributed by atoms with Crippen LogP contribution >= 0.6 is 70.4 Å². The van der Waals surface area contributed by atoms with Crippen LogP contribution in [0, 0.1) is 0 Å². The highest BCUT2D eigenvalue weighted by Crippen LogP contribution is 2.38. The lowest BCUT2D eigenvalue weighted by Crippen LogP contribution is -2.27. The van der Waals surface area contributed by atoms with Crippen LogP contribution in [0.3, 0.4) is 0 Å². The van der Waals surface area contributed by atoms with Gasteiger partial charge >= 0.3 is 0 Å². The largest absolute Gasteiger partial charge is 0.462 e.